The Balaban J connectivity index is 0.000000861. The fourth-order valence-electron chi connectivity index (χ4n) is 2.97. The topological polar surface area (TPSA) is 9.23 Å². The van der Waals surface area contributed by atoms with E-state index in [-0.39, 0.29) is 0 Å². The van der Waals surface area contributed by atoms with Gasteiger partial charge in [-0.3, -0.25) is 0 Å². The monoisotopic (exact) mass is 262 g/mol. The first kappa shape index (κ1) is 16.1. The van der Waals surface area contributed by atoms with E-state index in [0.717, 1.165) is 5.75 Å². The first-order valence-electron chi connectivity index (χ1n) is 7.63. The summed E-state index contributed by atoms with van der Waals surface area (Å²) in [6.07, 6.45) is 0.317. The highest BCUT2D eigenvalue weighted by Crippen LogP contribution is 2.45. The molecule has 1 heterocycles. The van der Waals surface area contributed by atoms with Gasteiger partial charge in [-0.25, -0.2) is 0 Å². The first-order chi connectivity index (χ1) is 8.86. The molecule has 0 bridgehead atoms. The standard InChI is InChI=1S/C16H24O.C2H6/c1-8-9(2)13(6)16-15(11(8)4)12(5)10(3)14(7)17-16;1-2/h10,12,14H,1-7H3;1-2H3. The zero-order valence-corrected chi connectivity index (χ0v) is 14.1. The second-order valence-corrected chi connectivity index (χ2v) is 5.71. The van der Waals surface area contributed by atoms with Gasteiger partial charge in [-0.1, -0.05) is 27.7 Å². The molecule has 1 heteroatoms. The minimum absolute atomic E-state index is 0.317. The maximum Gasteiger partial charge on any atom is 0.126 e. The molecular formula is C18H30O. The van der Waals surface area contributed by atoms with Crippen LogP contribution in [0.4, 0.5) is 0 Å². The van der Waals surface area contributed by atoms with Gasteiger partial charge in [-0.2, -0.15) is 0 Å². The number of hydrogen-bond donors (Lipinski definition) is 0. The van der Waals surface area contributed by atoms with Crippen molar-refractivity contribution in [3.05, 3.63) is 27.8 Å². The van der Waals surface area contributed by atoms with Gasteiger partial charge in [0, 0.05) is 5.56 Å². The predicted octanol–water partition coefficient (Wildman–Crippen LogP) is 5.47. The molecule has 0 fully saturated rings. The zero-order chi connectivity index (χ0) is 14.9. The van der Waals surface area contributed by atoms with Crippen molar-refractivity contribution in [3.8, 4) is 5.75 Å². The van der Waals surface area contributed by atoms with Gasteiger partial charge in [0.05, 0.1) is 6.10 Å². The van der Waals surface area contributed by atoms with E-state index >= 15 is 0 Å². The molecule has 0 saturated heterocycles. The molecule has 2 rings (SSSR count). The van der Waals surface area contributed by atoms with E-state index in [9.17, 15) is 0 Å². The Bertz CT molecular complexity index is 459. The Morgan fingerprint density at radius 3 is 1.74 bits per heavy atom. The van der Waals surface area contributed by atoms with Crippen molar-refractivity contribution in [1.82, 2.24) is 0 Å². The van der Waals surface area contributed by atoms with Crippen LogP contribution in [0.15, 0.2) is 0 Å². The van der Waals surface area contributed by atoms with Gasteiger partial charge >= 0.3 is 0 Å². The zero-order valence-electron chi connectivity index (χ0n) is 14.1. The lowest BCUT2D eigenvalue weighted by atomic mass is 9.78. The third kappa shape index (κ3) is 2.52. The van der Waals surface area contributed by atoms with Crippen LogP contribution in [0.25, 0.3) is 0 Å². The summed E-state index contributed by atoms with van der Waals surface area (Å²) in [4.78, 5) is 0. The van der Waals surface area contributed by atoms with Gasteiger partial charge in [0.1, 0.15) is 5.75 Å². The summed E-state index contributed by atoms with van der Waals surface area (Å²) >= 11 is 0. The van der Waals surface area contributed by atoms with Gasteiger partial charge in [0.25, 0.3) is 0 Å². The van der Waals surface area contributed by atoms with Crippen molar-refractivity contribution in [3.63, 3.8) is 0 Å². The first-order valence-corrected chi connectivity index (χ1v) is 7.63. The molecule has 1 aliphatic rings. The van der Waals surface area contributed by atoms with Crippen LogP contribution in [0.5, 0.6) is 5.75 Å². The van der Waals surface area contributed by atoms with Crippen LogP contribution in [0.2, 0.25) is 0 Å². The maximum absolute atomic E-state index is 6.16. The summed E-state index contributed by atoms with van der Waals surface area (Å²) in [5.74, 6) is 2.33. The Morgan fingerprint density at radius 1 is 0.737 bits per heavy atom. The Morgan fingerprint density at radius 2 is 1.21 bits per heavy atom. The summed E-state index contributed by atoms with van der Waals surface area (Å²) in [6.45, 7) is 19.7. The third-order valence-corrected chi connectivity index (χ3v) is 4.96. The lowest BCUT2D eigenvalue weighted by molar-refractivity contribution is 0.120. The number of benzene rings is 1. The van der Waals surface area contributed by atoms with E-state index in [1.807, 2.05) is 13.8 Å². The minimum Gasteiger partial charge on any atom is -0.490 e. The van der Waals surface area contributed by atoms with Crippen molar-refractivity contribution < 1.29 is 4.74 Å². The highest BCUT2D eigenvalue weighted by atomic mass is 16.5. The van der Waals surface area contributed by atoms with Crippen molar-refractivity contribution in [2.75, 3.05) is 0 Å². The molecule has 1 nitrogen and oxygen atoms in total. The van der Waals surface area contributed by atoms with E-state index in [4.69, 9.17) is 4.74 Å². The predicted molar refractivity (Wildman–Crippen MR) is 84.4 cm³/mol. The van der Waals surface area contributed by atoms with Crippen LogP contribution in [0.1, 0.15) is 68.4 Å². The molecule has 0 radical (unpaired) electrons. The minimum atomic E-state index is 0.317. The van der Waals surface area contributed by atoms with Gasteiger partial charge in [0.2, 0.25) is 0 Å². The lowest BCUT2D eigenvalue weighted by Crippen LogP contribution is -2.32. The quantitative estimate of drug-likeness (QED) is 0.602. The van der Waals surface area contributed by atoms with Crippen molar-refractivity contribution in [2.45, 2.75) is 74.3 Å². The van der Waals surface area contributed by atoms with Crippen LogP contribution in [-0.2, 0) is 0 Å². The van der Waals surface area contributed by atoms with Gasteiger partial charge < -0.3 is 4.74 Å². The molecule has 3 atom stereocenters. The molecule has 0 spiro atoms. The smallest absolute Gasteiger partial charge is 0.126 e. The SMILES string of the molecule is CC.Cc1c(C)c(C)c2c(c1C)OC(C)C(C)C2C. The fraction of sp³-hybridized carbons (Fsp3) is 0.667. The highest BCUT2D eigenvalue weighted by molar-refractivity contribution is 5.56. The van der Waals surface area contributed by atoms with E-state index in [1.54, 1.807) is 0 Å². The largest absolute Gasteiger partial charge is 0.490 e. The van der Waals surface area contributed by atoms with E-state index < -0.39 is 0 Å². The molecule has 3 unspecified atom stereocenters. The van der Waals surface area contributed by atoms with Crippen LogP contribution >= 0.6 is 0 Å². The summed E-state index contributed by atoms with van der Waals surface area (Å²) in [5.41, 5.74) is 7.01. The molecule has 19 heavy (non-hydrogen) atoms. The molecule has 0 aromatic heterocycles. The Kier molecular flexibility index (Phi) is 5.06. The lowest BCUT2D eigenvalue weighted by Gasteiger charge is -2.37. The number of rotatable bonds is 0. The number of hydrogen-bond acceptors (Lipinski definition) is 1. The molecule has 108 valence electrons. The van der Waals surface area contributed by atoms with E-state index in [2.05, 4.69) is 48.5 Å². The molecule has 0 aliphatic carbocycles. The van der Waals surface area contributed by atoms with Crippen molar-refractivity contribution in [1.29, 1.82) is 0 Å². The second-order valence-electron chi connectivity index (χ2n) is 5.71. The van der Waals surface area contributed by atoms with Crippen LogP contribution in [-0.4, -0.2) is 6.10 Å². The average Bonchev–Trinajstić information content (AvgIpc) is 2.42. The van der Waals surface area contributed by atoms with Crippen LogP contribution < -0.4 is 4.74 Å². The molecule has 1 aromatic rings. The molecule has 1 aliphatic heterocycles. The van der Waals surface area contributed by atoms with E-state index in [1.165, 1.54) is 27.8 Å². The van der Waals surface area contributed by atoms with Gasteiger partial charge in [-0.15, -0.1) is 0 Å². The maximum atomic E-state index is 6.16. The molecule has 0 saturated carbocycles. The summed E-state index contributed by atoms with van der Waals surface area (Å²) in [6, 6.07) is 0. The molecule has 0 amide bonds. The third-order valence-electron chi connectivity index (χ3n) is 4.96. The fourth-order valence-corrected chi connectivity index (χ4v) is 2.97. The van der Waals surface area contributed by atoms with Crippen LogP contribution in [0, 0.1) is 33.6 Å². The second kappa shape index (κ2) is 5.98. The summed E-state index contributed by atoms with van der Waals surface area (Å²) in [5, 5.41) is 0. The number of fused-ring (bicyclic) bond motifs is 1. The summed E-state index contributed by atoms with van der Waals surface area (Å²) in [7, 11) is 0. The average molecular weight is 262 g/mol. The van der Waals surface area contributed by atoms with Crippen molar-refractivity contribution >= 4 is 0 Å². The van der Waals surface area contributed by atoms with Gasteiger partial charge in [-0.05, 0) is 68.7 Å². The molecule has 1 aromatic carbocycles. The normalized spacial score (nSPS) is 25.0. The van der Waals surface area contributed by atoms with E-state index in [0.29, 0.717) is 17.9 Å². The summed E-state index contributed by atoms with van der Waals surface area (Å²) < 4.78 is 6.16. The molecular weight excluding hydrogens is 232 g/mol. The highest BCUT2D eigenvalue weighted by Gasteiger charge is 2.33. The van der Waals surface area contributed by atoms with Gasteiger partial charge in [0.15, 0.2) is 0 Å². The van der Waals surface area contributed by atoms with Crippen molar-refractivity contribution in [2.24, 2.45) is 5.92 Å². The molecule has 0 N–H and O–H groups in total. The Hall–Kier alpha value is -0.980. The number of ether oxygens (including phenoxy) is 1. The van der Waals surface area contributed by atoms with Crippen LogP contribution in [0.3, 0.4) is 0 Å². The Labute approximate surface area is 119 Å².